The van der Waals surface area contributed by atoms with Crippen LogP contribution in [0.15, 0.2) is 156 Å². The van der Waals surface area contributed by atoms with E-state index in [2.05, 4.69) is 96.7 Å². The maximum Gasteiger partial charge on any atom is 0.506 e. The van der Waals surface area contributed by atoms with Crippen LogP contribution in [0.2, 0.25) is 0 Å². The van der Waals surface area contributed by atoms with Crippen LogP contribution in [-0.4, -0.2) is 259 Å². The molecule has 0 radical (unpaired) electrons. The normalized spacial score (nSPS) is 25.0. The number of carbonyl (C=O) groups excluding carboxylic acids is 4. The number of imidazole rings is 2. The molecule has 2 bridgehead atoms. The van der Waals surface area contributed by atoms with Gasteiger partial charge in [-0.2, -0.15) is 29.9 Å². The summed E-state index contributed by atoms with van der Waals surface area (Å²) in [6.07, 6.45) is -22.7. The molecule has 141 heavy (non-hydrogen) atoms. The Morgan fingerprint density at radius 3 is 1.65 bits per heavy atom. The molecule has 5 unspecified atom stereocenters. The first kappa shape index (κ1) is 106. The minimum atomic E-state index is -4.32. The van der Waals surface area contributed by atoms with Gasteiger partial charge < -0.3 is 87.2 Å². The van der Waals surface area contributed by atoms with Gasteiger partial charge in [-0.1, -0.05) is 98.8 Å². The molecule has 12 N–H and O–H groups in total. The highest BCUT2D eigenvalue weighted by Gasteiger charge is 2.57. The Kier molecular flexibility index (Phi) is 35.8. The number of benzene rings is 3. The van der Waals surface area contributed by atoms with Gasteiger partial charge in [0.15, 0.2) is 112 Å². The lowest BCUT2D eigenvalue weighted by molar-refractivity contribution is -0.119. The molecular formula is C79H85ClF4N26O25P4S2. The summed E-state index contributed by atoms with van der Waals surface area (Å²) in [5, 5.41) is 64.2. The van der Waals surface area contributed by atoms with Crippen molar-refractivity contribution in [3.05, 3.63) is 179 Å². The van der Waals surface area contributed by atoms with Crippen molar-refractivity contribution >= 4 is 162 Å². The second-order valence-corrected chi connectivity index (χ2v) is 41.1. The van der Waals surface area contributed by atoms with Gasteiger partial charge in [-0.05, 0) is 83.4 Å². The van der Waals surface area contributed by atoms with Crippen LogP contribution in [-0.2, 0) is 97.6 Å². The molecule has 0 spiro atoms. The van der Waals surface area contributed by atoms with Gasteiger partial charge in [0, 0.05) is 42.0 Å². The molecule has 5 fully saturated rings. The molecule has 20 atom stereocenters. The highest BCUT2D eigenvalue weighted by molar-refractivity contribution is 8.07. The molecule has 5 saturated heterocycles. The van der Waals surface area contributed by atoms with Crippen molar-refractivity contribution in [3.8, 4) is 17.9 Å². The van der Waals surface area contributed by atoms with Gasteiger partial charge in [0.2, 0.25) is 23.7 Å². The number of halogens is 5. The van der Waals surface area contributed by atoms with E-state index in [1.54, 1.807) is 125 Å². The predicted octanol–water partition coefficient (Wildman–Crippen LogP) is 9.52. The number of aliphatic hydroxyl groups excluding tert-OH is 1. The number of ether oxygens (including phenoxy) is 5. The number of hydrogen-bond donors (Lipinski definition) is 10. The predicted molar refractivity (Wildman–Crippen MR) is 492 cm³/mol. The summed E-state index contributed by atoms with van der Waals surface area (Å²) in [7, 11) is -2.96. The number of nitriles is 2. The van der Waals surface area contributed by atoms with Crippen molar-refractivity contribution < 1.29 is 126 Å². The number of aromatic amines is 2. The van der Waals surface area contributed by atoms with Crippen molar-refractivity contribution in [2.24, 2.45) is 11.8 Å². The second kappa shape index (κ2) is 47.6. The standard InChI is InChI=1S/C34H35F2N12O12PS.C33H34F2N12O11P2S.C7H8ClO2P.C5H5N.H3N/c1-15(2)28(50)43-33-42-27-22(30(52)44-33)40-14-47(27)32-24(19(35)17(11-49)57-32)60-61(62,55-10-6-9-37)56-12-18-23(59-34(53)54)20(36)31(58-18)48-26-21(45-46-48)25(38-13-39-26)41-29(51)16-7-4-3-5-8-16;1-15(2)28(48)42-33-41-27-22(30(50)43-33)39-14-46(27)32-24-19(34)17(55-32)11-52-59(51)57-23-18(12-54-60(61,58-24)53-10-6-9-36)56-31(20(23)35)47-26-21(44-45-47)25(37-13-38-26)40-29(49)16-7-4-3-5-8-16;1-11(8,9)10-7-5-3-2-4-6-7;1-2-4-6-5-3-1;/h3-5,7-8,13-15,17-20,23-24,31-32,49H,6,10-12H2,1-2H3,(H,53,54)(H,38,39,41,51)(H2,42,43,44,50,52);3-5,7-8,13-15,17-20,23-24,31-32,51H,6,10-12H2,1-2H3,(H,37,38,40,49)(H2,41,42,43,48,50);2-6H,1H3;1-5H;1H3/t17-,18-,19-,20+,23-,24-,31-,32-,61?;17-,18-,19-,20+,23-,24-,31?,32-,59?,60?;;;/m11.../s1. The first-order valence-corrected chi connectivity index (χ1v) is 51.0. The number of aromatic nitrogens is 19. The zero-order chi connectivity index (χ0) is 99.9. The van der Waals surface area contributed by atoms with E-state index in [1.165, 1.54) is 11.2 Å². The number of rotatable bonds is 27. The molecule has 9 aromatic heterocycles. The molecule has 12 aromatic rings. The van der Waals surface area contributed by atoms with Crippen LogP contribution in [0.3, 0.4) is 0 Å². The zero-order valence-electron chi connectivity index (χ0n) is 73.9. The van der Waals surface area contributed by atoms with Gasteiger partial charge in [-0.15, -0.1) is 10.2 Å². The van der Waals surface area contributed by atoms with Crippen molar-refractivity contribution in [3.63, 3.8) is 0 Å². The fraction of sp³-hybridized carbons (Fsp3) is 0.392. The third-order valence-corrected chi connectivity index (χ3v) is 26.6. The van der Waals surface area contributed by atoms with Crippen molar-refractivity contribution in [1.29, 1.82) is 10.5 Å². The minimum Gasteiger partial charge on any atom is -0.450 e. The maximum atomic E-state index is 16.6. The minimum absolute atomic E-state index is 0. The van der Waals surface area contributed by atoms with E-state index in [0.29, 0.717) is 16.9 Å². The Morgan fingerprint density at radius 1 is 0.631 bits per heavy atom. The number of hydrogen-bond acceptors (Lipinski definition) is 42. The average molecular weight is 2100 g/mol. The van der Waals surface area contributed by atoms with Crippen LogP contribution < -0.4 is 43.1 Å². The Bertz CT molecular complexity index is 6750. The van der Waals surface area contributed by atoms with Gasteiger partial charge >= 0.3 is 34.9 Å². The monoisotopic (exact) mass is 2100 g/mol. The van der Waals surface area contributed by atoms with Crippen molar-refractivity contribution in [2.45, 2.75) is 139 Å². The lowest BCUT2D eigenvalue weighted by atomic mass is 10.1. The number of carboxylic acid groups (broad SMARTS) is 1. The molecule has 5 aliphatic rings. The van der Waals surface area contributed by atoms with Crippen LogP contribution in [0, 0.1) is 34.5 Å². The Hall–Kier alpha value is -12.2. The number of anilines is 4. The van der Waals surface area contributed by atoms with Gasteiger partial charge in [0.25, 0.3) is 22.9 Å². The largest absolute Gasteiger partial charge is 0.506 e. The molecule has 748 valence electrons. The molecule has 0 saturated carbocycles. The lowest BCUT2D eigenvalue weighted by Gasteiger charge is -2.29. The molecule has 0 aliphatic carbocycles. The van der Waals surface area contributed by atoms with Crippen molar-refractivity contribution in [2.75, 3.05) is 67.6 Å². The van der Waals surface area contributed by atoms with E-state index >= 15 is 17.6 Å². The number of pyridine rings is 1. The Morgan fingerprint density at radius 2 is 1.14 bits per heavy atom. The quantitative estimate of drug-likeness (QED) is 0.00990. The van der Waals surface area contributed by atoms with E-state index < -0.39 is 213 Å². The smallest absolute Gasteiger partial charge is 0.450 e. The number of H-pyrrole nitrogens is 2. The number of nitrogens with zero attached hydrogens (tertiary/aromatic N) is 19. The topological polar surface area (TPSA) is 676 Å². The van der Waals surface area contributed by atoms with Crippen LogP contribution in [0.1, 0.15) is 86.2 Å². The van der Waals surface area contributed by atoms with Gasteiger partial charge in [-0.3, -0.25) is 77.1 Å². The van der Waals surface area contributed by atoms with Crippen LogP contribution in [0.4, 0.5) is 45.9 Å². The number of para-hydroxylation sites is 1. The lowest BCUT2D eigenvalue weighted by Crippen LogP contribution is -2.36. The fourth-order valence-electron chi connectivity index (χ4n) is 13.7. The van der Waals surface area contributed by atoms with Gasteiger partial charge in [0.05, 0.1) is 77.3 Å². The SMILES string of the molecule is CC(C)C(=O)Nc1nc2c(ncn2[C@@H]2O[C@@H]3COP(O)O[C@H]4[C@H](F)C(n5nnc6c(NC(=O)c7ccccc7)ncnc65)O[C@@H]4COP(=S)(OCCC#N)O[C@@H]2[C@@H]3F)c(=O)[nH]1.CC(C)C(=O)Nc1nc2c(ncn2[C@@H]2O[C@H](CO)[C@@H](F)[C@H]2OP(=S)(OCCC#N)OC[C@H]2O[C@@H](n3nnc4c(NC(=O)c5ccccc5)ncnc43)[C@@H](F)[C@@H]2OC(=O)O)c(=O)[nH]1.CP(=O)(Cl)Oc1ccccc1.N.c1ccncc1. The zero-order valence-corrected chi connectivity index (χ0v) is 79.9. The third kappa shape index (κ3) is 25.8. The summed E-state index contributed by atoms with van der Waals surface area (Å²) in [5.41, 5.74) is -1.88. The molecule has 62 heteroatoms. The van der Waals surface area contributed by atoms with Crippen LogP contribution in [0.5, 0.6) is 5.75 Å². The van der Waals surface area contributed by atoms with Crippen molar-refractivity contribution in [1.82, 2.24) is 100 Å². The summed E-state index contributed by atoms with van der Waals surface area (Å²) < 4.78 is 161. The first-order valence-electron chi connectivity index (χ1n) is 41.8. The van der Waals surface area contributed by atoms with E-state index in [9.17, 15) is 63.8 Å². The first-order chi connectivity index (χ1) is 67.1. The molecule has 14 heterocycles. The number of aliphatic hydroxyl groups is 1. The molecule has 17 rings (SSSR count). The fourth-order valence-corrected chi connectivity index (χ4v) is 19.4. The number of carbonyl (C=O) groups is 5. The summed E-state index contributed by atoms with van der Waals surface area (Å²) in [4.78, 5) is 141. The second-order valence-electron chi connectivity index (χ2n) is 30.7. The van der Waals surface area contributed by atoms with E-state index in [4.69, 9.17) is 99.3 Å². The highest BCUT2D eigenvalue weighted by atomic mass is 35.7. The molecule has 4 amide bonds. The van der Waals surface area contributed by atoms with Crippen LogP contribution in [0.25, 0.3) is 44.7 Å². The number of amides is 4. The van der Waals surface area contributed by atoms with Gasteiger partial charge in [-0.25, -0.2) is 52.3 Å². The van der Waals surface area contributed by atoms with E-state index in [0.717, 1.165) is 39.2 Å². The summed E-state index contributed by atoms with van der Waals surface area (Å²) >= 11 is 16.8. The highest BCUT2D eigenvalue weighted by Crippen LogP contribution is 2.58. The summed E-state index contributed by atoms with van der Waals surface area (Å²) in [6.45, 7) is -7.28. The molecular weight excluding hydrogens is 2010 g/mol. The molecule has 3 aromatic carbocycles. The molecule has 5 aliphatic heterocycles. The number of fused-ring (bicyclic) bond motifs is 7. The molecule has 51 nitrogen and oxygen atoms in total. The third-order valence-electron chi connectivity index (χ3n) is 20.3. The van der Waals surface area contributed by atoms with E-state index in [1.807, 2.05) is 36.4 Å². The number of nitrogens with one attached hydrogen (secondary N) is 6. The Balaban J connectivity index is 0.000000201. The maximum absolute atomic E-state index is 16.6. The van der Waals surface area contributed by atoms with Gasteiger partial charge in [0.1, 0.15) is 61.1 Å². The number of alkyl halides is 4. The van der Waals surface area contributed by atoms with Crippen LogP contribution >= 0.6 is 40.0 Å². The Labute approximate surface area is 808 Å². The summed E-state index contributed by atoms with van der Waals surface area (Å²) in [6, 6.07) is 34.8. The van der Waals surface area contributed by atoms with E-state index in [-0.39, 0.29) is 93.8 Å². The average Bonchev–Trinajstić information content (AvgIpc) is 1.61. The summed E-state index contributed by atoms with van der Waals surface area (Å²) in [5.74, 6) is -2.99.